The molecule has 0 fully saturated rings. The molecule has 0 radical (unpaired) electrons. The Hall–Kier alpha value is -1.32. The van der Waals surface area contributed by atoms with E-state index in [0.717, 1.165) is 5.56 Å². The second kappa shape index (κ2) is 4.04. The molecule has 0 saturated heterocycles. The summed E-state index contributed by atoms with van der Waals surface area (Å²) in [5.41, 5.74) is 1.28. The molecule has 2 rings (SSSR count). The van der Waals surface area contributed by atoms with Gasteiger partial charge >= 0.3 is 0 Å². The molecule has 78 valence electrons. The molecule has 0 aliphatic carbocycles. The molecule has 1 aromatic heterocycles. The van der Waals surface area contributed by atoms with Crippen LogP contribution in [0.15, 0.2) is 28.7 Å². The molecule has 0 unspecified atom stereocenters. The highest BCUT2D eigenvalue weighted by molar-refractivity contribution is 6.33. The van der Waals surface area contributed by atoms with Crippen LogP contribution in [-0.4, -0.2) is 10.1 Å². The van der Waals surface area contributed by atoms with Crippen LogP contribution in [0.4, 0.5) is 0 Å². The zero-order valence-electron chi connectivity index (χ0n) is 8.20. The minimum atomic E-state index is -0.125. The summed E-state index contributed by atoms with van der Waals surface area (Å²) in [5, 5.41) is 9.58. The van der Waals surface area contributed by atoms with Crippen molar-refractivity contribution in [1.82, 2.24) is 4.98 Å². The second-order valence-corrected chi connectivity index (χ2v) is 3.57. The van der Waals surface area contributed by atoms with Crippen molar-refractivity contribution >= 4 is 11.6 Å². The monoisotopic (exact) mass is 223 g/mol. The fourth-order valence-corrected chi connectivity index (χ4v) is 1.54. The summed E-state index contributed by atoms with van der Waals surface area (Å²) < 4.78 is 5.42. The maximum Gasteiger partial charge on any atom is 0.228 e. The van der Waals surface area contributed by atoms with Gasteiger partial charge in [0.25, 0.3) is 0 Å². The van der Waals surface area contributed by atoms with E-state index >= 15 is 0 Å². The topological polar surface area (TPSA) is 46.3 Å². The smallest absolute Gasteiger partial charge is 0.228 e. The number of aryl methyl sites for hydroxylation is 1. The predicted octanol–water partition coefficient (Wildman–Crippen LogP) is 2.80. The molecule has 1 N–H and O–H groups in total. The molecule has 1 heterocycles. The lowest BCUT2D eigenvalue weighted by molar-refractivity contribution is 0.275. The Balaban J connectivity index is 2.50. The van der Waals surface area contributed by atoms with Crippen molar-refractivity contribution in [3.05, 3.63) is 40.7 Å². The zero-order chi connectivity index (χ0) is 10.8. The molecule has 3 nitrogen and oxygen atoms in total. The lowest BCUT2D eigenvalue weighted by Crippen LogP contribution is -1.85. The summed E-state index contributed by atoms with van der Waals surface area (Å²) >= 11 is 6.00. The average Bonchev–Trinajstić information content (AvgIpc) is 2.60. The molecule has 0 aliphatic heterocycles. The second-order valence-electron chi connectivity index (χ2n) is 3.16. The highest BCUT2D eigenvalue weighted by Gasteiger charge is 2.12. The number of nitrogens with zero attached hydrogens (tertiary/aromatic N) is 1. The largest absolute Gasteiger partial charge is 0.441 e. The van der Waals surface area contributed by atoms with Crippen molar-refractivity contribution < 1.29 is 9.52 Å². The lowest BCUT2D eigenvalue weighted by Gasteiger charge is -1.97. The van der Waals surface area contributed by atoms with Crippen LogP contribution in [0.25, 0.3) is 11.5 Å². The number of aliphatic hydroxyl groups is 1. The van der Waals surface area contributed by atoms with Gasteiger partial charge in [-0.3, -0.25) is 0 Å². The summed E-state index contributed by atoms with van der Waals surface area (Å²) in [6, 6.07) is 7.30. The number of hydrogen-bond donors (Lipinski definition) is 1. The first-order chi connectivity index (χ1) is 7.22. The molecule has 0 spiro atoms. The Labute approximate surface area is 92.3 Å². The Morgan fingerprint density at radius 1 is 1.40 bits per heavy atom. The molecule has 0 bridgehead atoms. The van der Waals surface area contributed by atoms with Crippen LogP contribution in [0.1, 0.15) is 11.5 Å². The number of hydrogen-bond acceptors (Lipinski definition) is 3. The summed E-state index contributed by atoms with van der Waals surface area (Å²) in [7, 11) is 0. The van der Waals surface area contributed by atoms with Crippen LogP contribution in [0.3, 0.4) is 0 Å². The van der Waals surface area contributed by atoms with Crippen LogP contribution in [0, 0.1) is 6.92 Å². The Kier molecular flexibility index (Phi) is 2.75. The Morgan fingerprint density at radius 2 is 2.13 bits per heavy atom. The van der Waals surface area contributed by atoms with E-state index in [0.29, 0.717) is 22.4 Å². The summed E-state index contributed by atoms with van der Waals surface area (Å²) in [6.45, 7) is 1.64. The first-order valence-corrected chi connectivity index (χ1v) is 4.92. The minimum absolute atomic E-state index is 0.125. The molecule has 15 heavy (non-hydrogen) atoms. The molecular weight excluding hydrogens is 214 g/mol. The minimum Gasteiger partial charge on any atom is -0.441 e. The van der Waals surface area contributed by atoms with Crippen LogP contribution in [0.5, 0.6) is 0 Å². The fourth-order valence-electron chi connectivity index (χ4n) is 1.32. The third kappa shape index (κ3) is 1.89. The highest BCUT2D eigenvalue weighted by atomic mass is 35.5. The Bertz CT molecular complexity index is 479. The molecule has 1 aromatic carbocycles. The normalized spacial score (nSPS) is 10.6. The van der Waals surface area contributed by atoms with Gasteiger partial charge in [0.2, 0.25) is 5.89 Å². The van der Waals surface area contributed by atoms with Gasteiger partial charge in [-0.2, -0.15) is 0 Å². The standard InChI is InChI=1S/C11H10ClNO2/c1-7-10(6-14)13-11(15-7)8-4-2-3-5-9(8)12/h2-5,14H,6H2,1H3. The number of halogens is 1. The number of rotatable bonds is 2. The van der Waals surface area contributed by atoms with Crippen molar-refractivity contribution in [3.63, 3.8) is 0 Å². The third-order valence-electron chi connectivity index (χ3n) is 2.15. The van der Waals surface area contributed by atoms with Crippen LogP contribution < -0.4 is 0 Å². The lowest BCUT2D eigenvalue weighted by atomic mass is 10.2. The zero-order valence-corrected chi connectivity index (χ0v) is 8.95. The maximum atomic E-state index is 8.99. The van der Waals surface area contributed by atoms with E-state index in [1.54, 1.807) is 13.0 Å². The fraction of sp³-hybridized carbons (Fsp3) is 0.182. The average molecular weight is 224 g/mol. The number of aromatic nitrogens is 1. The van der Waals surface area contributed by atoms with Crippen LogP contribution in [-0.2, 0) is 6.61 Å². The van der Waals surface area contributed by atoms with Crippen LogP contribution >= 0.6 is 11.6 Å². The summed E-state index contributed by atoms with van der Waals surface area (Å²) in [5.74, 6) is 1.06. The van der Waals surface area contributed by atoms with Crippen LogP contribution in [0.2, 0.25) is 5.02 Å². The van der Waals surface area contributed by atoms with Gasteiger partial charge < -0.3 is 9.52 Å². The van der Waals surface area contributed by atoms with E-state index in [-0.39, 0.29) is 6.61 Å². The first-order valence-electron chi connectivity index (χ1n) is 4.54. The molecule has 0 saturated carbocycles. The van der Waals surface area contributed by atoms with Gasteiger partial charge in [0, 0.05) is 0 Å². The van der Waals surface area contributed by atoms with Gasteiger partial charge in [-0.25, -0.2) is 4.98 Å². The molecule has 0 atom stereocenters. The van der Waals surface area contributed by atoms with E-state index in [2.05, 4.69) is 4.98 Å². The van der Waals surface area contributed by atoms with E-state index in [1.165, 1.54) is 0 Å². The highest BCUT2D eigenvalue weighted by Crippen LogP contribution is 2.28. The quantitative estimate of drug-likeness (QED) is 0.852. The molecule has 4 heteroatoms. The SMILES string of the molecule is Cc1oc(-c2ccccc2Cl)nc1CO. The van der Waals surface area contributed by atoms with E-state index in [9.17, 15) is 0 Å². The number of benzene rings is 1. The van der Waals surface area contributed by atoms with Gasteiger partial charge in [0.1, 0.15) is 11.5 Å². The van der Waals surface area contributed by atoms with E-state index < -0.39 is 0 Å². The summed E-state index contributed by atoms with van der Waals surface area (Å²) in [4.78, 5) is 4.16. The van der Waals surface area contributed by atoms with Gasteiger partial charge in [0.05, 0.1) is 17.2 Å². The van der Waals surface area contributed by atoms with Gasteiger partial charge in [0.15, 0.2) is 0 Å². The van der Waals surface area contributed by atoms with Gasteiger partial charge in [-0.05, 0) is 19.1 Å². The maximum absolute atomic E-state index is 8.99. The molecular formula is C11H10ClNO2. The predicted molar refractivity (Wildman–Crippen MR) is 57.6 cm³/mol. The molecule has 2 aromatic rings. The third-order valence-corrected chi connectivity index (χ3v) is 2.48. The number of oxazole rings is 1. The van der Waals surface area contributed by atoms with Gasteiger partial charge in [-0.15, -0.1) is 0 Å². The molecule has 0 aliphatic rings. The van der Waals surface area contributed by atoms with Crippen molar-refractivity contribution in [2.24, 2.45) is 0 Å². The van der Waals surface area contributed by atoms with Crippen molar-refractivity contribution in [2.75, 3.05) is 0 Å². The summed E-state index contributed by atoms with van der Waals surface area (Å²) in [6.07, 6.45) is 0. The van der Waals surface area contributed by atoms with Crippen molar-refractivity contribution in [2.45, 2.75) is 13.5 Å². The van der Waals surface area contributed by atoms with Gasteiger partial charge in [-0.1, -0.05) is 23.7 Å². The Morgan fingerprint density at radius 3 is 2.73 bits per heavy atom. The van der Waals surface area contributed by atoms with E-state index in [4.69, 9.17) is 21.1 Å². The first kappa shape index (κ1) is 10.2. The number of aliphatic hydroxyl groups excluding tert-OH is 1. The van der Waals surface area contributed by atoms with E-state index in [1.807, 2.05) is 18.2 Å². The van der Waals surface area contributed by atoms with Crippen molar-refractivity contribution in [1.29, 1.82) is 0 Å². The molecule has 0 amide bonds. The van der Waals surface area contributed by atoms with Crippen molar-refractivity contribution in [3.8, 4) is 11.5 Å².